The lowest BCUT2D eigenvalue weighted by Gasteiger charge is -2.40. The summed E-state index contributed by atoms with van der Waals surface area (Å²) in [5.74, 6) is -0.894. The highest BCUT2D eigenvalue weighted by Crippen LogP contribution is 2.33. The lowest BCUT2D eigenvalue weighted by atomic mass is 9.87. The molecule has 4 aromatic rings. The third-order valence-electron chi connectivity index (χ3n) is 10.6. The minimum atomic E-state index is -2.77. The topological polar surface area (TPSA) is 171 Å². The number of rotatable bonds is 11. The van der Waals surface area contributed by atoms with Gasteiger partial charge < -0.3 is 30.3 Å². The Labute approximate surface area is 322 Å². The standard InChI is InChI=1S/C40H46F2N8O6/c1-24(2)56-33-21-32-25(20-29(33)38(53)45-34-5-3-4-30(44-34)37(41)42)23-50(47-32)28-12-16-49(17-13-28)36(52)22-40(55)14-18-48(19-15-40)27-8-6-26(7-9-27)43-31-10-11-35(51)46-39(31)54/h3-9,20-21,23-24,28,31,37,43,55H,10-19,22H2,1-2H3,(H,44,45,53)(H,46,51,54). The van der Waals surface area contributed by atoms with Gasteiger partial charge in [-0.3, -0.25) is 29.2 Å². The van der Waals surface area contributed by atoms with Crippen molar-refractivity contribution < 1.29 is 37.8 Å². The van der Waals surface area contributed by atoms with Crippen molar-refractivity contribution in [3.05, 3.63) is 72.1 Å². The van der Waals surface area contributed by atoms with Gasteiger partial charge in [-0.1, -0.05) is 6.07 Å². The number of pyridine rings is 1. The van der Waals surface area contributed by atoms with E-state index in [1.165, 1.54) is 18.2 Å². The molecular formula is C40H46F2N8O6. The minimum absolute atomic E-state index is 0.00295. The van der Waals surface area contributed by atoms with Gasteiger partial charge in [-0.15, -0.1) is 0 Å². The van der Waals surface area contributed by atoms with Crippen molar-refractivity contribution in [1.29, 1.82) is 0 Å². The Hall–Kier alpha value is -5.64. The first-order chi connectivity index (χ1) is 26.8. The normalized spacial score (nSPS) is 19.0. The maximum absolute atomic E-state index is 13.4. The zero-order chi connectivity index (χ0) is 39.6. The summed E-state index contributed by atoms with van der Waals surface area (Å²) in [6.45, 7) is 5.89. The van der Waals surface area contributed by atoms with Gasteiger partial charge in [-0.25, -0.2) is 13.8 Å². The van der Waals surface area contributed by atoms with Crippen LogP contribution in [0.2, 0.25) is 0 Å². The largest absolute Gasteiger partial charge is 0.490 e. The third kappa shape index (κ3) is 8.91. The molecular weight excluding hydrogens is 726 g/mol. The molecule has 3 fully saturated rings. The number of nitrogens with zero attached hydrogens (tertiary/aromatic N) is 5. The number of amides is 4. The summed E-state index contributed by atoms with van der Waals surface area (Å²) in [6.07, 6.45) is 1.87. The number of imide groups is 1. The van der Waals surface area contributed by atoms with E-state index in [0.717, 1.165) is 11.4 Å². The second-order valence-electron chi connectivity index (χ2n) is 15.1. The Balaban J connectivity index is 0.922. The number of benzene rings is 2. The zero-order valence-corrected chi connectivity index (χ0v) is 31.3. The van der Waals surface area contributed by atoms with Gasteiger partial charge >= 0.3 is 0 Å². The number of carbonyl (C=O) groups excluding carboxylic acids is 4. The van der Waals surface area contributed by atoms with Gasteiger partial charge in [0, 0.05) is 61.6 Å². The molecule has 2 aromatic heterocycles. The van der Waals surface area contributed by atoms with Crippen LogP contribution in [0.15, 0.2) is 60.8 Å². The Morgan fingerprint density at radius 1 is 1.02 bits per heavy atom. The molecule has 1 unspecified atom stereocenters. The molecule has 3 aliphatic rings. The molecule has 296 valence electrons. The maximum atomic E-state index is 13.4. The van der Waals surface area contributed by atoms with E-state index in [0.29, 0.717) is 81.4 Å². The first kappa shape index (κ1) is 38.6. The molecule has 0 aliphatic carbocycles. The number of halogens is 2. The second-order valence-corrected chi connectivity index (χ2v) is 15.1. The van der Waals surface area contributed by atoms with Gasteiger partial charge in [0.2, 0.25) is 17.7 Å². The first-order valence-electron chi connectivity index (χ1n) is 19.0. The number of anilines is 3. The molecule has 0 spiro atoms. The number of nitrogens with one attached hydrogen (secondary N) is 3. The number of fused-ring (bicyclic) bond motifs is 1. The number of carbonyl (C=O) groups is 4. The number of likely N-dealkylation sites (tertiary alicyclic amines) is 1. The molecule has 14 nitrogen and oxygen atoms in total. The molecule has 7 rings (SSSR count). The predicted octanol–water partition coefficient (Wildman–Crippen LogP) is 5.21. The lowest BCUT2D eigenvalue weighted by molar-refractivity contribution is -0.139. The fourth-order valence-corrected chi connectivity index (χ4v) is 7.55. The molecule has 56 heavy (non-hydrogen) atoms. The molecule has 3 aliphatic heterocycles. The zero-order valence-electron chi connectivity index (χ0n) is 31.3. The summed E-state index contributed by atoms with van der Waals surface area (Å²) < 4.78 is 34.2. The predicted molar refractivity (Wildman–Crippen MR) is 205 cm³/mol. The molecule has 3 saturated heterocycles. The van der Waals surface area contributed by atoms with Crippen LogP contribution in [0.3, 0.4) is 0 Å². The van der Waals surface area contributed by atoms with E-state index >= 15 is 0 Å². The average molecular weight is 773 g/mol. The van der Waals surface area contributed by atoms with Crippen LogP contribution in [0, 0.1) is 0 Å². The average Bonchev–Trinajstić information content (AvgIpc) is 3.59. The van der Waals surface area contributed by atoms with Crippen LogP contribution in [-0.4, -0.2) is 92.3 Å². The summed E-state index contributed by atoms with van der Waals surface area (Å²) in [5, 5.41) is 25.1. The number of aliphatic hydroxyl groups is 1. The van der Waals surface area contributed by atoms with E-state index in [1.54, 1.807) is 12.1 Å². The van der Waals surface area contributed by atoms with E-state index in [4.69, 9.17) is 9.84 Å². The van der Waals surface area contributed by atoms with Gasteiger partial charge in [-0.05, 0) is 88.4 Å². The van der Waals surface area contributed by atoms with Crippen molar-refractivity contribution >= 4 is 51.7 Å². The van der Waals surface area contributed by atoms with Crippen LogP contribution in [0.25, 0.3) is 10.9 Å². The lowest BCUT2D eigenvalue weighted by Crippen LogP contribution is -2.49. The summed E-state index contributed by atoms with van der Waals surface area (Å²) in [6, 6.07) is 14.7. The second kappa shape index (κ2) is 16.2. The highest BCUT2D eigenvalue weighted by atomic mass is 19.3. The summed E-state index contributed by atoms with van der Waals surface area (Å²) in [5.41, 5.74) is 1.08. The fourth-order valence-electron chi connectivity index (χ4n) is 7.55. The first-order valence-corrected chi connectivity index (χ1v) is 19.0. The SMILES string of the molecule is CC(C)Oc1cc2nn(C3CCN(C(=O)CC4(O)CCN(c5ccc(NC6CCC(=O)NC6=O)cc5)CC4)CC3)cc2cc1C(=O)Nc1cccc(C(F)F)n1. The summed E-state index contributed by atoms with van der Waals surface area (Å²) in [7, 11) is 0. The van der Waals surface area contributed by atoms with Gasteiger partial charge in [-0.2, -0.15) is 5.10 Å². The van der Waals surface area contributed by atoms with E-state index in [-0.39, 0.29) is 47.7 Å². The van der Waals surface area contributed by atoms with Crippen LogP contribution < -0.4 is 25.6 Å². The Bertz CT molecular complexity index is 2090. The van der Waals surface area contributed by atoms with E-state index in [9.17, 15) is 33.1 Å². The molecule has 0 bridgehead atoms. The highest BCUT2D eigenvalue weighted by Gasteiger charge is 2.37. The Morgan fingerprint density at radius 2 is 1.75 bits per heavy atom. The van der Waals surface area contributed by atoms with Gasteiger partial charge in [0.25, 0.3) is 12.3 Å². The molecule has 0 radical (unpaired) electrons. The van der Waals surface area contributed by atoms with Gasteiger partial charge in [0.05, 0.1) is 35.2 Å². The molecule has 1 atom stereocenters. The number of hydrogen-bond acceptors (Lipinski definition) is 10. The van der Waals surface area contributed by atoms with Crippen LogP contribution in [0.4, 0.5) is 26.0 Å². The van der Waals surface area contributed by atoms with E-state index < -0.39 is 29.7 Å². The molecule has 2 aromatic carbocycles. The number of ether oxygens (including phenoxy) is 1. The molecule has 0 saturated carbocycles. The quantitative estimate of drug-likeness (QED) is 0.149. The number of aromatic nitrogens is 3. The van der Waals surface area contributed by atoms with Crippen molar-refractivity contribution in [2.45, 2.75) is 89.0 Å². The summed E-state index contributed by atoms with van der Waals surface area (Å²) >= 11 is 0. The van der Waals surface area contributed by atoms with Crippen molar-refractivity contribution in [2.24, 2.45) is 0 Å². The Kier molecular flexibility index (Phi) is 11.2. The third-order valence-corrected chi connectivity index (χ3v) is 10.6. The number of hydrogen-bond donors (Lipinski definition) is 4. The van der Waals surface area contributed by atoms with Crippen molar-refractivity contribution in [3.8, 4) is 5.75 Å². The summed E-state index contributed by atoms with van der Waals surface area (Å²) in [4.78, 5) is 58.2. The van der Waals surface area contributed by atoms with Crippen molar-refractivity contribution in [3.63, 3.8) is 0 Å². The van der Waals surface area contributed by atoms with Crippen LogP contribution >= 0.6 is 0 Å². The smallest absolute Gasteiger partial charge is 0.280 e. The van der Waals surface area contributed by atoms with Crippen LogP contribution in [-0.2, 0) is 14.4 Å². The minimum Gasteiger partial charge on any atom is -0.490 e. The van der Waals surface area contributed by atoms with Crippen molar-refractivity contribution in [1.82, 2.24) is 25.0 Å². The van der Waals surface area contributed by atoms with Crippen LogP contribution in [0.5, 0.6) is 5.75 Å². The molecule has 4 amide bonds. The van der Waals surface area contributed by atoms with Gasteiger partial charge in [0.1, 0.15) is 23.3 Å². The van der Waals surface area contributed by atoms with E-state index in [2.05, 4.69) is 25.8 Å². The molecule has 5 heterocycles. The maximum Gasteiger partial charge on any atom is 0.280 e. The monoisotopic (exact) mass is 772 g/mol. The number of alkyl halides is 2. The fraction of sp³-hybridized carbons (Fsp3) is 0.450. The molecule has 16 heteroatoms. The number of piperidine rings is 3. The van der Waals surface area contributed by atoms with Crippen molar-refractivity contribution in [2.75, 3.05) is 41.7 Å². The highest BCUT2D eigenvalue weighted by molar-refractivity contribution is 6.08. The van der Waals surface area contributed by atoms with Crippen LogP contribution in [0.1, 0.15) is 87.3 Å². The Morgan fingerprint density at radius 3 is 2.43 bits per heavy atom. The van der Waals surface area contributed by atoms with Gasteiger partial charge in [0.15, 0.2) is 0 Å². The molecule has 4 N–H and O–H groups in total. The van der Waals surface area contributed by atoms with E-state index in [1.807, 2.05) is 53.9 Å².